The zero-order valence-electron chi connectivity index (χ0n) is 13.6. The van der Waals surface area contributed by atoms with Crippen LogP contribution in [0.15, 0.2) is 36.5 Å². The third-order valence-electron chi connectivity index (χ3n) is 3.71. The maximum absolute atomic E-state index is 12.0. The minimum Gasteiger partial charge on any atom is -0.496 e. The van der Waals surface area contributed by atoms with Gasteiger partial charge in [-0.05, 0) is 31.5 Å². The molecule has 2 aromatic rings. The van der Waals surface area contributed by atoms with E-state index >= 15 is 0 Å². The molecule has 124 valence electrons. The number of rotatable bonds is 4. The Hall–Kier alpha value is -3.09. The number of carbonyl (C=O) groups is 2. The molecule has 7 nitrogen and oxygen atoms in total. The SMILES string of the molecule is COc1cc(Oc2ccc(N3C(=O)N[C@H](C)C3=O)cn2)ccc1C. The van der Waals surface area contributed by atoms with Gasteiger partial charge in [0.05, 0.1) is 19.0 Å². The van der Waals surface area contributed by atoms with Crippen LogP contribution in [0, 0.1) is 6.92 Å². The van der Waals surface area contributed by atoms with Crippen LogP contribution in [-0.4, -0.2) is 30.1 Å². The van der Waals surface area contributed by atoms with Crippen LogP contribution in [0.5, 0.6) is 17.4 Å². The van der Waals surface area contributed by atoms with Crippen molar-refractivity contribution in [1.82, 2.24) is 10.3 Å². The monoisotopic (exact) mass is 327 g/mol. The average molecular weight is 327 g/mol. The Labute approximate surface area is 139 Å². The van der Waals surface area contributed by atoms with Crippen molar-refractivity contribution in [2.24, 2.45) is 0 Å². The Kier molecular flexibility index (Phi) is 4.07. The second-order valence-corrected chi connectivity index (χ2v) is 5.43. The first-order valence-electron chi connectivity index (χ1n) is 7.42. The van der Waals surface area contributed by atoms with E-state index in [9.17, 15) is 9.59 Å². The highest BCUT2D eigenvalue weighted by Crippen LogP contribution is 2.28. The van der Waals surface area contributed by atoms with Crippen molar-refractivity contribution in [3.8, 4) is 17.4 Å². The molecule has 0 saturated carbocycles. The van der Waals surface area contributed by atoms with E-state index in [-0.39, 0.29) is 5.91 Å². The normalized spacial score (nSPS) is 17.0. The zero-order chi connectivity index (χ0) is 17.3. The van der Waals surface area contributed by atoms with E-state index in [2.05, 4.69) is 10.3 Å². The molecule has 24 heavy (non-hydrogen) atoms. The van der Waals surface area contributed by atoms with Crippen LogP contribution < -0.4 is 19.7 Å². The van der Waals surface area contributed by atoms with E-state index < -0.39 is 12.1 Å². The Morgan fingerprint density at radius 2 is 2.00 bits per heavy atom. The highest BCUT2D eigenvalue weighted by atomic mass is 16.5. The van der Waals surface area contributed by atoms with E-state index in [0.717, 1.165) is 16.2 Å². The molecule has 1 aliphatic heterocycles. The number of imide groups is 1. The highest BCUT2D eigenvalue weighted by Gasteiger charge is 2.36. The minimum atomic E-state index is -0.534. The Morgan fingerprint density at radius 1 is 1.21 bits per heavy atom. The third kappa shape index (κ3) is 2.88. The largest absolute Gasteiger partial charge is 0.496 e. The molecule has 0 spiro atoms. The molecule has 1 atom stereocenters. The summed E-state index contributed by atoms with van der Waals surface area (Å²) < 4.78 is 10.9. The predicted octanol–water partition coefficient (Wildman–Crippen LogP) is 2.64. The number of hydrogen-bond donors (Lipinski definition) is 1. The van der Waals surface area contributed by atoms with Crippen molar-refractivity contribution in [2.75, 3.05) is 12.0 Å². The first-order valence-corrected chi connectivity index (χ1v) is 7.42. The van der Waals surface area contributed by atoms with Crippen LogP contribution in [0.4, 0.5) is 10.5 Å². The maximum Gasteiger partial charge on any atom is 0.329 e. The van der Waals surface area contributed by atoms with Gasteiger partial charge < -0.3 is 14.8 Å². The Bertz CT molecular complexity index is 789. The second-order valence-electron chi connectivity index (χ2n) is 5.43. The summed E-state index contributed by atoms with van der Waals surface area (Å²) in [6, 6.07) is 7.70. The van der Waals surface area contributed by atoms with Crippen molar-refractivity contribution in [1.29, 1.82) is 0 Å². The molecule has 0 aliphatic carbocycles. The predicted molar refractivity (Wildman–Crippen MR) is 87.5 cm³/mol. The summed E-state index contributed by atoms with van der Waals surface area (Å²) in [6.07, 6.45) is 1.43. The number of urea groups is 1. The number of aromatic nitrogens is 1. The van der Waals surface area contributed by atoms with E-state index in [1.165, 1.54) is 6.20 Å². The molecule has 1 fully saturated rings. The summed E-state index contributed by atoms with van der Waals surface area (Å²) in [5, 5.41) is 2.55. The van der Waals surface area contributed by atoms with Gasteiger partial charge >= 0.3 is 6.03 Å². The number of pyridine rings is 1. The number of nitrogens with one attached hydrogen (secondary N) is 1. The molecular formula is C17H17N3O4. The van der Waals surface area contributed by atoms with E-state index in [1.807, 2.05) is 19.1 Å². The lowest BCUT2D eigenvalue weighted by atomic mass is 10.2. The van der Waals surface area contributed by atoms with Crippen LogP contribution in [0.25, 0.3) is 0 Å². The third-order valence-corrected chi connectivity index (χ3v) is 3.71. The molecule has 1 aliphatic rings. The van der Waals surface area contributed by atoms with Gasteiger partial charge in [-0.2, -0.15) is 0 Å². The molecule has 0 unspecified atom stereocenters. The number of aryl methyl sites for hydroxylation is 1. The van der Waals surface area contributed by atoms with Crippen molar-refractivity contribution in [3.05, 3.63) is 42.1 Å². The van der Waals surface area contributed by atoms with Crippen molar-refractivity contribution in [2.45, 2.75) is 19.9 Å². The van der Waals surface area contributed by atoms with Crippen molar-refractivity contribution < 1.29 is 19.1 Å². The van der Waals surface area contributed by atoms with Gasteiger partial charge in [-0.3, -0.25) is 4.79 Å². The molecule has 1 saturated heterocycles. The Morgan fingerprint density at radius 3 is 2.58 bits per heavy atom. The van der Waals surface area contributed by atoms with Crippen LogP contribution in [-0.2, 0) is 4.79 Å². The second kappa shape index (κ2) is 6.19. The lowest BCUT2D eigenvalue weighted by molar-refractivity contribution is -0.117. The summed E-state index contributed by atoms with van der Waals surface area (Å²) in [5.41, 5.74) is 1.40. The molecule has 0 bridgehead atoms. The van der Waals surface area contributed by atoms with Gasteiger partial charge in [0.25, 0.3) is 5.91 Å². The number of anilines is 1. The molecular weight excluding hydrogens is 310 g/mol. The number of amides is 3. The fourth-order valence-corrected chi connectivity index (χ4v) is 2.40. The van der Waals surface area contributed by atoms with Crippen LogP contribution in [0.2, 0.25) is 0 Å². The molecule has 0 radical (unpaired) electrons. The first kappa shape index (κ1) is 15.8. The van der Waals surface area contributed by atoms with Crippen LogP contribution in [0.3, 0.4) is 0 Å². The average Bonchev–Trinajstić information content (AvgIpc) is 2.83. The summed E-state index contributed by atoms with van der Waals surface area (Å²) in [4.78, 5) is 29.0. The standard InChI is InChI=1S/C17H17N3O4/c1-10-4-6-13(8-14(10)23-3)24-15-7-5-12(9-18-15)20-16(21)11(2)19-17(20)22/h4-9,11H,1-3H3,(H,19,22)/t11-/m1/s1. The highest BCUT2D eigenvalue weighted by molar-refractivity contribution is 6.21. The van der Waals surface area contributed by atoms with Crippen LogP contribution in [0.1, 0.15) is 12.5 Å². The summed E-state index contributed by atoms with van der Waals surface area (Å²) in [7, 11) is 1.60. The molecule has 7 heteroatoms. The summed E-state index contributed by atoms with van der Waals surface area (Å²) in [5.74, 6) is 1.35. The lowest BCUT2D eigenvalue weighted by Crippen LogP contribution is -2.30. The number of ether oxygens (including phenoxy) is 2. The molecule has 1 aromatic carbocycles. The van der Waals surface area contributed by atoms with Gasteiger partial charge in [-0.25, -0.2) is 14.7 Å². The quantitative estimate of drug-likeness (QED) is 0.873. The van der Waals surface area contributed by atoms with Crippen LogP contribution >= 0.6 is 0 Å². The fraction of sp³-hybridized carbons (Fsp3) is 0.235. The molecule has 1 aromatic heterocycles. The first-order chi connectivity index (χ1) is 11.5. The van der Waals surface area contributed by atoms with E-state index in [0.29, 0.717) is 17.3 Å². The van der Waals surface area contributed by atoms with Gasteiger partial charge in [0.1, 0.15) is 17.5 Å². The van der Waals surface area contributed by atoms with E-state index in [1.54, 1.807) is 32.2 Å². The van der Waals surface area contributed by atoms with Gasteiger partial charge in [-0.15, -0.1) is 0 Å². The number of benzene rings is 1. The van der Waals surface area contributed by atoms with Crippen molar-refractivity contribution >= 4 is 17.6 Å². The maximum atomic E-state index is 12.0. The molecule has 2 heterocycles. The lowest BCUT2D eigenvalue weighted by Gasteiger charge is -2.13. The fourth-order valence-electron chi connectivity index (χ4n) is 2.40. The molecule has 3 rings (SSSR count). The summed E-state index contributed by atoms with van der Waals surface area (Å²) >= 11 is 0. The zero-order valence-corrected chi connectivity index (χ0v) is 13.6. The Balaban J connectivity index is 1.78. The van der Waals surface area contributed by atoms with Gasteiger partial charge in [-0.1, -0.05) is 6.07 Å². The smallest absolute Gasteiger partial charge is 0.329 e. The minimum absolute atomic E-state index is 0.307. The number of methoxy groups -OCH3 is 1. The summed E-state index contributed by atoms with van der Waals surface area (Å²) in [6.45, 7) is 3.57. The van der Waals surface area contributed by atoms with Gasteiger partial charge in [0, 0.05) is 12.1 Å². The van der Waals surface area contributed by atoms with E-state index in [4.69, 9.17) is 9.47 Å². The van der Waals surface area contributed by atoms with Crippen molar-refractivity contribution in [3.63, 3.8) is 0 Å². The van der Waals surface area contributed by atoms with Gasteiger partial charge in [0.15, 0.2) is 0 Å². The molecule has 1 N–H and O–H groups in total. The molecule has 3 amide bonds. The topological polar surface area (TPSA) is 80.8 Å². The van der Waals surface area contributed by atoms with Gasteiger partial charge in [0.2, 0.25) is 5.88 Å². The number of carbonyl (C=O) groups excluding carboxylic acids is 2. The number of hydrogen-bond acceptors (Lipinski definition) is 5. The number of nitrogens with zero attached hydrogens (tertiary/aromatic N) is 2.